The molecule has 0 aliphatic heterocycles. The molecule has 0 aromatic heterocycles. The van der Waals surface area contributed by atoms with Gasteiger partial charge in [-0.3, -0.25) is 0 Å². The van der Waals surface area contributed by atoms with Crippen LogP contribution in [0, 0.1) is 0 Å². The van der Waals surface area contributed by atoms with Crippen LogP contribution in [0.4, 0.5) is 0 Å². The minimum absolute atomic E-state index is 0. The molecule has 0 aliphatic rings. The summed E-state index contributed by atoms with van der Waals surface area (Å²) in [4.78, 5) is 0. The molecule has 0 saturated carbocycles. The zero-order valence-corrected chi connectivity index (χ0v) is 3.39. The van der Waals surface area contributed by atoms with Gasteiger partial charge in [-0.25, -0.2) is 0 Å². The molecule has 4 nitrogen and oxygen atoms in total. The van der Waals surface area contributed by atoms with Gasteiger partial charge in [-0.1, -0.05) is 0 Å². The van der Waals surface area contributed by atoms with Crippen LogP contribution in [0.1, 0.15) is 0 Å². The van der Waals surface area contributed by atoms with E-state index in [9.17, 15) is 0 Å². The van der Waals surface area contributed by atoms with Crippen molar-refractivity contribution in [3.63, 3.8) is 0 Å². The Morgan fingerprint density at radius 2 is 1.17 bits per heavy atom. The molecule has 0 radical (unpaired) electrons. The van der Waals surface area contributed by atoms with Crippen LogP contribution in [-0.4, -0.2) is 37.9 Å². The third-order valence-corrected chi connectivity index (χ3v) is 0. The Morgan fingerprint density at radius 3 is 1.17 bits per heavy atom. The van der Waals surface area contributed by atoms with Crippen LogP contribution in [-0.2, 0) is 21.2 Å². The van der Waals surface area contributed by atoms with Gasteiger partial charge in [0.05, 0.1) is 0 Å². The molecular formula is H3CrNaO4. The van der Waals surface area contributed by atoms with Crippen LogP contribution in [0.25, 0.3) is 0 Å². The van der Waals surface area contributed by atoms with Crippen molar-refractivity contribution in [2.75, 3.05) is 0 Å². The summed E-state index contributed by atoms with van der Waals surface area (Å²) in [5, 5.41) is 0. The van der Waals surface area contributed by atoms with E-state index in [-0.39, 0.29) is 29.6 Å². The SMILES string of the molecule is [NaH].[O]=[Cr](=[O])([OH])[OH]. The minimum atomic E-state index is -5.25. The molecule has 0 aliphatic carbocycles. The Labute approximate surface area is 58.8 Å². The fourth-order valence-corrected chi connectivity index (χ4v) is 0. The summed E-state index contributed by atoms with van der Waals surface area (Å²) in [5.41, 5.74) is 0. The normalized spacial score (nSPS) is 9.67. The molecule has 0 saturated heterocycles. The quantitative estimate of drug-likeness (QED) is 0.383. The summed E-state index contributed by atoms with van der Waals surface area (Å²) in [5.74, 6) is 0. The van der Waals surface area contributed by atoms with Gasteiger partial charge in [-0.2, -0.15) is 0 Å². The Balaban J connectivity index is 0. The van der Waals surface area contributed by atoms with E-state index < -0.39 is 13.6 Å². The van der Waals surface area contributed by atoms with E-state index >= 15 is 0 Å². The molecule has 0 aromatic carbocycles. The van der Waals surface area contributed by atoms with Gasteiger partial charge in [0, 0.05) is 0 Å². The van der Waals surface area contributed by atoms with Crippen molar-refractivity contribution in [1.29, 1.82) is 0 Å². The summed E-state index contributed by atoms with van der Waals surface area (Å²) < 4.78 is 31.9. The summed E-state index contributed by atoms with van der Waals surface area (Å²) in [6, 6.07) is 0. The molecule has 6 heteroatoms. The van der Waals surface area contributed by atoms with Gasteiger partial charge in [-0.05, 0) is 0 Å². The molecule has 0 unspecified atom stereocenters. The molecule has 0 atom stereocenters. The van der Waals surface area contributed by atoms with Crippen molar-refractivity contribution in [3.05, 3.63) is 0 Å². The first kappa shape index (κ1) is 10.1. The number of hydrogen-bond donors (Lipinski definition) is 2. The molecule has 0 rings (SSSR count). The molecule has 0 amide bonds. The van der Waals surface area contributed by atoms with Gasteiger partial charge in [0.25, 0.3) is 0 Å². The van der Waals surface area contributed by atoms with E-state index in [1.54, 1.807) is 0 Å². The van der Waals surface area contributed by atoms with Crippen LogP contribution in [0.15, 0.2) is 0 Å². The Kier molecular flexibility index (Phi) is 5.24. The summed E-state index contributed by atoms with van der Waals surface area (Å²) in [6.07, 6.45) is 0. The van der Waals surface area contributed by atoms with Crippen LogP contribution in [0.2, 0.25) is 0 Å². The van der Waals surface area contributed by atoms with E-state index in [2.05, 4.69) is 0 Å². The van der Waals surface area contributed by atoms with Crippen molar-refractivity contribution < 1.29 is 29.5 Å². The monoisotopic (exact) mass is 142 g/mol. The van der Waals surface area contributed by atoms with Crippen molar-refractivity contribution >= 4 is 29.6 Å². The third-order valence-electron chi connectivity index (χ3n) is 0. The van der Waals surface area contributed by atoms with Crippen molar-refractivity contribution in [2.24, 2.45) is 0 Å². The average molecular weight is 142 g/mol. The van der Waals surface area contributed by atoms with Gasteiger partial charge in [0.2, 0.25) is 0 Å². The summed E-state index contributed by atoms with van der Waals surface area (Å²) >= 11 is -5.25. The predicted molar refractivity (Wildman–Crippen MR) is 13.0 cm³/mol. The maximum absolute atomic E-state index is 8.82. The van der Waals surface area contributed by atoms with E-state index in [0.717, 1.165) is 0 Å². The van der Waals surface area contributed by atoms with Crippen LogP contribution in [0.5, 0.6) is 0 Å². The fraction of sp³-hybridized carbons (Fsp3) is 0. The van der Waals surface area contributed by atoms with Crippen LogP contribution >= 0.6 is 0 Å². The first-order chi connectivity index (χ1) is 2.00. The second-order valence-electron chi connectivity index (χ2n) is 0.448. The van der Waals surface area contributed by atoms with Crippen LogP contribution < -0.4 is 0 Å². The molecule has 34 valence electrons. The standard InChI is InChI=1S/Cr.Na.2H2O.2O.H/h;;2*1H2;;;/q+2;;;;;;/p-2. The number of rotatable bonds is 0. The fourth-order valence-electron chi connectivity index (χ4n) is 0. The molecular weight excluding hydrogens is 139 g/mol. The van der Waals surface area contributed by atoms with Crippen molar-refractivity contribution in [1.82, 2.24) is 0 Å². The van der Waals surface area contributed by atoms with Gasteiger partial charge in [-0.15, -0.1) is 0 Å². The van der Waals surface area contributed by atoms with E-state index in [1.165, 1.54) is 0 Å². The van der Waals surface area contributed by atoms with Crippen molar-refractivity contribution in [2.45, 2.75) is 0 Å². The zero-order chi connectivity index (χ0) is 4.50. The Bertz CT molecular complexity index is 90.7. The Hall–Kier alpha value is 1.05. The second-order valence-corrected chi connectivity index (χ2v) is 1.85. The Morgan fingerprint density at radius 1 is 1.17 bits per heavy atom. The van der Waals surface area contributed by atoms with Crippen molar-refractivity contribution in [3.8, 4) is 0 Å². The molecule has 6 heavy (non-hydrogen) atoms. The van der Waals surface area contributed by atoms with E-state index in [1.807, 2.05) is 0 Å². The summed E-state index contributed by atoms with van der Waals surface area (Å²) in [6.45, 7) is 0. The maximum atomic E-state index is 8.82. The molecule has 0 spiro atoms. The predicted octanol–water partition coefficient (Wildman–Crippen LogP) is -2.00. The van der Waals surface area contributed by atoms with E-state index in [0.29, 0.717) is 0 Å². The second kappa shape index (κ2) is 3.11. The van der Waals surface area contributed by atoms with E-state index in [4.69, 9.17) is 15.9 Å². The van der Waals surface area contributed by atoms with Gasteiger partial charge in [0.15, 0.2) is 0 Å². The number of hydrogen-bond acceptors (Lipinski definition) is 2. The third kappa shape index (κ3) is 74.9. The zero-order valence-electron chi connectivity index (χ0n) is 2.12. The first-order valence-corrected chi connectivity index (χ1v) is 2.88. The summed E-state index contributed by atoms with van der Waals surface area (Å²) in [7, 11) is 0. The molecule has 2 N–H and O–H groups in total. The van der Waals surface area contributed by atoms with Gasteiger partial charge < -0.3 is 0 Å². The van der Waals surface area contributed by atoms with Gasteiger partial charge in [0.1, 0.15) is 0 Å². The van der Waals surface area contributed by atoms with Crippen LogP contribution in [0.3, 0.4) is 0 Å². The molecule has 0 aromatic rings. The molecule has 0 bridgehead atoms. The van der Waals surface area contributed by atoms with Gasteiger partial charge >= 0.3 is 59.1 Å². The average Bonchev–Trinajstić information content (AvgIpc) is 0.722. The molecule has 0 fully saturated rings. The first-order valence-electron chi connectivity index (χ1n) is 0.698. The molecule has 0 heterocycles. The topological polar surface area (TPSA) is 74.6 Å².